The van der Waals surface area contributed by atoms with Gasteiger partial charge in [-0.15, -0.1) is 0 Å². The molecule has 0 aromatic heterocycles. The number of halogens is 1. The summed E-state index contributed by atoms with van der Waals surface area (Å²) in [6.45, 7) is 1.52. The van der Waals surface area contributed by atoms with E-state index in [0.717, 1.165) is 57.6 Å². The normalized spacial score (nSPS) is 14.1. The van der Waals surface area contributed by atoms with Gasteiger partial charge in [0.15, 0.2) is 0 Å². The summed E-state index contributed by atoms with van der Waals surface area (Å²) in [5.41, 5.74) is 3.00. The summed E-state index contributed by atoms with van der Waals surface area (Å²) in [7, 11) is -2.69. The van der Waals surface area contributed by atoms with Crippen LogP contribution in [0, 0.1) is 6.92 Å². The largest absolute Gasteiger partial charge is 0.497 e. The van der Waals surface area contributed by atoms with Gasteiger partial charge in [-0.2, -0.15) is 0 Å². The third-order valence-corrected chi connectivity index (χ3v) is 11.0. The van der Waals surface area contributed by atoms with E-state index in [0.29, 0.717) is 11.4 Å². The summed E-state index contributed by atoms with van der Waals surface area (Å²) in [6.07, 6.45) is 5.29. The number of ether oxygens (including phenoxy) is 1. The van der Waals surface area contributed by atoms with Crippen molar-refractivity contribution in [3.63, 3.8) is 0 Å². The molecule has 1 atom stereocenters. The van der Waals surface area contributed by atoms with Crippen LogP contribution in [0.15, 0.2) is 112 Å². The Morgan fingerprint density at radius 1 is 0.875 bits per heavy atom. The summed E-state index contributed by atoms with van der Waals surface area (Å²) in [5, 5.41) is 3.24. The van der Waals surface area contributed by atoms with Crippen molar-refractivity contribution in [1.29, 1.82) is 0 Å². The number of nitrogens with one attached hydrogen (secondary N) is 1. The first-order valence-corrected chi connectivity index (χ1v) is 18.5. The number of hydrogen-bond donors (Lipinski definition) is 1. The summed E-state index contributed by atoms with van der Waals surface area (Å²) in [4.78, 5) is 30.5. The third-order valence-electron chi connectivity index (χ3n) is 8.71. The minimum absolute atomic E-state index is 0.0195. The first-order chi connectivity index (χ1) is 23.1. The molecule has 0 heterocycles. The standard InChI is InChI=1S/C38H42BrN3O5S/c1-28-16-18-33(19-17-28)42(48(45,46)35-22-20-34(47-2)21-23-35)27-37(43)41(26-30-12-9-13-31(39)24-30)36(25-29-10-5-3-6-11-29)38(44)40-32-14-7-4-8-15-32/h3,5-6,9-13,16-24,32,36H,4,7-8,14-15,25-27H2,1-2H3,(H,40,44)/t36-/m1/s1. The van der Waals surface area contributed by atoms with E-state index < -0.39 is 28.5 Å². The highest BCUT2D eigenvalue weighted by Crippen LogP contribution is 2.27. The number of methoxy groups -OCH3 is 1. The molecular weight excluding hydrogens is 690 g/mol. The number of carbonyl (C=O) groups excluding carboxylic acids is 2. The zero-order valence-electron chi connectivity index (χ0n) is 27.3. The SMILES string of the molecule is COc1ccc(S(=O)(=O)N(CC(=O)N(Cc2cccc(Br)c2)[C@H](Cc2ccccc2)C(=O)NC2CCCCC2)c2ccc(C)cc2)cc1. The van der Waals surface area contributed by atoms with E-state index in [1.54, 1.807) is 24.3 Å². The van der Waals surface area contributed by atoms with Crippen molar-refractivity contribution in [3.8, 4) is 5.75 Å². The molecule has 8 nitrogen and oxygen atoms in total. The van der Waals surface area contributed by atoms with Crippen LogP contribution in [0.1, 0.15) is 48.8 Å². The van der Waals surface area contributed by atoms with Gasteiger partial charge in [0.25, 0.3) is 10.0 Å². The summed E-state index contributed by atoms with van der Waals surface area (Å²) < 4.78 is 35.7. The highest BCUT2D eigenvalue weighted by Gasteiger charge is 2.35. The van der Waals surface area contributed by atoms with Crippen molar-refractivity contribution in [1.82, 2.24) is 10.2 Å². The van der Waals surface area contributed by atoms with E-state index in [1.165, 1.54) is 24.1 Å². The number of nitrogens with zero attached hydrogens (tertiary/aromatic N) is 2. The molecule has 1 aliphatic carbocycles. The first kappa shape index (κ1) is 35.2. The maximum absolute atomic E-state index is 14.7. The van der Waals surface area contributed by atoms with Crippen LogP contribution in [0.2, 0.25) is 0 Å². The molecule has 0 radical (unpaired) electrons. The number of carbonyl (C=O) groups is 2. The monoisotopic (exact) mass is 731 g/mol. The minimum Gasteiger partial charge on any atom is -0.497 e. The van der Waals surface area contributed by atoms with Gasteiger partial charge in [-0.05, 0) is 79.4 Å². The zero-order valence-corrected chi connectivity index (χ0v) is 29.8. The van der Waals surface area contributed by atoms with Crippen LogP contribution in [-0.2, 0) is 32.6 Å². The van der Waals surface area contributed by atoms with E-state index in [-0.39, 0.29) is 29.8 Å². The van der Waals surface area contributed by atoms with Crippen molar-refractivity contribution in [3.05, 3.63) is 124 Å². The average Bonchev–Trinajstić information content (AvgIpc) is 3.10. The molecule has 5 rings (SSSR count). The average molecular weight is 733 g/mol. The maximum atomic E-state index is 14.7. The van der Waals surface area contributed by atoms with Gasteiger partial charge in [0, 0.05) is 23.5 Å². The minimum atomic E-state index is -4.21. The second-order valence-electron chi connectivity index (χ2n) is 12.2. The van der Waals surface area contributed by atoms with Crippen LogP contribution in [0.25, 0.3) is 0 Å². The van der Waals surface area contributed by atoms with E-state index >= 15 is 0 Å². The van der Waals surface area contributed by atoms with Gasteiger partial charge in [-0.25, -0.2) is 8.42 Å². The lowest BCUT2D eigenvalue weighted by atomic mass is 9.94. The molecule has 2 amide bonds. The van der Waals surface area contributed by atoms with Crippen LogP contribution in [-0.4, -0.2) is 50.9 Å². The number of amides is 2. The Balaban J connectivity index is 1.56. The summed E-state index contributed by atoms with van der Waals surface area (Å²) in [6, 6.07) is 29.4. The van der Waals surface area contributed by atoms with Gasteiger partial charge in [0.1, 0.15) is 18.3 Å². The van der Waals surface area contributed by atoms with Gasteiger partial charge in [-0.1, -0.05) is 95.4 Å². The fraction of sp³-hybridized carbons (Fsp3) is 0.316. The second kappa shape index (κ2) is 16.3. The summed E-state index contributed by atoms with van der Waals surface area (Å²) >= 11 is 3.53. The van der Waals surface area contributed by atoms with Crippen LogP contribution >= 0.6 is 15.9 Å². The molecule has 4 aromatic rings. The second-order valence-corrected chi connectivity index (χ2v) is 15.0. The summed E-state index contributed by atoms with van der Waals surface area (Å²) in [5.74, 6) is -0.221. The smallest absolute Gasteiger partial charge is 0.264 e. The molecule has 0 spiro atoms. The highest BCUT2D eigenvalue weighted by atomic mass is 79.9. The molecule has 1 saturated carbocycles. The zero-order chi connectivity index (χ0) is 34.1. The van der Waals surface area contributed by atoms with Crippen molar-refractivity contribution in [2.24, 2.45) is 0 Å². The van der Waals surface area contributed by atoms with Crippen molar-refractivity contribution in [2.45, 2.75) is 69.0 Å². The van der Waals surface area contributed by atoms with Gasteiger partial charge in [0.05, 0.1) is 17.7 Å². The number of hydrogen-bond acceptors (Lipinski definition) is 5. The fourth-order valence-corrected chi connectivity index (χ4v) is 7.91. The lowest BCUT2D eigenvalue weighted by molar-refractivity contribution is -0.140. The Morgan fingerprint density at radius 3 is 2.19 bits per heavy atom. The van der Waals surface area contributed by atoms with Crippen molar-refractivity contribution >= 4 is 43.5 Å². The lowest BCUT2D eigenvalue weighted by Crippen LogP contribution is -2.55. The van der Waals surface area contributed by atoms with Crippen molar-refractivity contribution in [2.75, 3.05) is 18.0 Å². The predicted octanol–water partition coefficient (Wildman–Crippen LogP) is 7.05. The maximum Gasteiger partial charge on any atom is 0.264 e. The number of anilines is 1. The molecule has 4 aromatic carbocycles. The molecule has 252 valence electrons. The topological polar surface area (TPSA) is 96.0 Å². The molecule has 0 unspecified atom stereocenters. The quantitative estimate of drug-likeness (QED) is 0.159. The van der Waals surface area contributed by atoms with Crippen LogP contribution < -0.4 is 14.4 Å². The van der Waals surface area contributed by atoms with Gasteiger partial charge >= 0.3 is 0 Å². The van der Waals surface area contributed by atoms with Gasteiger partial charge in [0.2, 0.25) is 11.8 Å². The van der Waals surface area contributed by atoms with E-state index in [9.17, 15) is 18.0 Å². The molecule has 48 heavy (non-hydrogen) atoms. The lowest BCUT2D eigenvalue weighted by Gasteiger charge is -2.35. The Bertz CT molecular complexity index is 1780. The van der Waals surface area contributed by atoms with Gasteiger partial charge in [-0.3, -0.25) is 13.9 Å². The van der Waals surface area contributed by atoms with Crippen LogP contribution in [0.5, 0.6) is 5.75 Å². The Hall–Kier alpha value is -4.15. The number of aryl methyl sites for hydroxylation is 1. The Morgan fingerprint density at radius 2 is 1.54 bits per heavy atom. The van der Waals surface area contributed by atoms with Gasteiger partial charge < -0.3 is 15.0 Å². The van der Waals surface area contributed by atoms with E-state index in [4.69, 9.17) is 4.74 Å². The molecule has 1 fully saturated rings. The molecule has 10 heteroatoms. The Kier molecular flexibility index (Phi) is 11.9. The molecule has 0 saturated heterocycles. The highest BCUT2D eigenvalue weighted by molar-refractivity contribution is 9.10. The van der Waals surface area contributed by atoms with Crippen LogP contribution in [0.3, 0.4) is 0 Å². The van der Waals surface area contributed by atoms with E-state index in [2.05, 4.69) is 21.2 Å². The first-order valence-electron chi connectivity index (χ1n) is 16.3. The predicted molar refractivity (Wildman–Crippen MR) is 192 cm³/mol. The third kappa shape index (κ3) is 9.05. The van der Waals surface area contributed by atoms with Crippen molar-refractivity contribution < 1.29 is 22.7 Å². The number of sulfonamides is 1. The molecule has 0 bridgehead atoms. The molecule has 1 N–H and O–H groups in total. The van der Waals surface area contributed by atoms with E-state index in [1.807, 2.05) is 73.7 Å². The Labute approximate surface area is 292 Å². The number of rotatable bonds is 13. The fourth-order valence-electron chi connectivity index (χ4n) is 6.04. The molecular formula is C38H42BrN3O5S. The van der Waals surface area contributed by atoms with Crippen LogP contribution in [0.4, 0.5) is 5.69 Å². The number of benzene rings is 4. The molecule has 0 aliphatic heterocycles. The molecule has 1 aliphatic rings.